The Kier molecular flexibility index (Phi) is 5.53. The van der Waals surface area contributed by atoms with Gasteiger partial charge in [0.05, 0.1) is 5.52 Å². The maximum Gasteiger partial charge on any atom is 0.229 e. The fourth-order valence-corrected chi connectivity index (χ4v) is 3.57. The Morgan fingerprint density at radius 3 is 2.29 bits per heavy atom. The Balaban J connectivity index is 1.68. The van der Waals surface area contributed by atoms with E-state index in [1.54, 1.807) is 18.2 Å². The van der Waals surface area contributed by atoms with Crippen molar-refractivity contribution in [2.75, 3.05) is 10.6 Å². The lowest BCUT2D eigenvalue weighted by Crippen LogP contribution is -2.06. The molecule has 140 valence electrons. The number of para-hydroxylation sites is 1. The molecule has 4 rings (SSSR count). The fourth-order valence-electron chi connectivity index (χ4n) is 2.84. The third-order valence-electron chi connectivity index (χ3n) is 4.13. The van der Waals surface area contributed by atoms with Crippen molar-refractivity contribution in [1.29, 1.82) is 0 Å². The number of aromatic nitrogens is 2. The molecule has 1 aromatic heterocycles. The van der Waals surface area contributed by atoms with E-state index < -0.39 is 0 Å². The number of fused-ring (bicyclic) bond motifs is 1. The monoisotopic (exact) mass is 428 g/mol. The summed E-state index contributed by atoms with van der Waals surface area (Å²) < 4.78 is 0. The van der Waals surface area contributed by atoms with Crippen LogP contribution in [0, 0.1) is 0 Å². The quantitative estimate of drug-likeness (QED) is 0.360. The molecule has 0 saturated heterocycles. The maximum atomic E-state index is 6.27. The molecule has 0 bridgehead atoms. The molecule has 0 aliphatic carbocycles. The Hall–Kier alpha value is -2.53. The first kappa shape index (κ1) is 18.8. The van der Waals surface area contributed by atoms with Gasteiger partial charge in [0.2, 0.25) is 5.95 Å². The molecule has 0 unspecified atom stereocenters. The van der Waals surface area contributed by atoms with Crippen LogP contribution >= 0.6 is 34.8 Å². The average Bonchev–Trinajstić information content (AvgIpc) is 2.66. The number of nitrogens with one attached hydrogen (secondary N) is 2. The van der Waals surface area contributed by atoms with Gasteiger partial charge in [0.1, 0.15) is 5.82 Å². The number of rotatable bonds is 5. The van der Waals surface area contributed by atoms with E-state index in [-0.39, 0.29) is 0 Å². The summed E-state index contributed by atoms with van der Waals surface area (Å²) in [6.45, 7) is 0.545. The summed E-state index contributed by atoms with van der Waals surface area (Å²) in [6, 6.07) is 20.7. The van der Waals surface area contributed by atoms with Crippen molar-refractivity contribution in [2.24, 2.45) is 0 Å². The smallest absolute Gasteiger partial charge is 0.229 e. The van der Waals surface area contributed by atoms with Gasteiger partial charge in [0, 0.05) is 32.7 Å². The average molecular weight is 430 g/mol. The van der Waals surface area contributed by atoms with E-state index in [0.717, 1.165) is 16.5 Å². The number of hydrogen-bond donors (Lipinski definition) is 2. The first-order chi connectivity index (χ1) is 13.6. The van der Waals surface area contributed by atoms with Crippen molar-refractivity contribution in [1.82, 2.24) is 9.97 Å². The molecule has 28 heavy (non-hydrogen) atoms. The van der Waals surface area contributed by atoms with Gasteiger partial charge in [-0.05, 0) is 42.0 Å². The SMILES string of the molecule is Clc1cc(Cl)cc(Nc2nc(NCc3ccccc3Cl)c3ccccc3n2)c1. The molecule has 0 spiro atoms. The number of nitrogens with zero attached hydrogens (tertiary/aromatic N) is 2. The minimum Gasteiger partial charge on any atom is -0.365 e. The molecule has 2 N–H and O–H groups in total. The minimum atomic E-state index is 0.443. The van der Waals surface area contributed by atoms with Gasteiger partial charge in [-0.2, -0.15) is 4.98 Å². The Morgan fingerprint density at radius 1 is 0.786 bits per heavy atom. The zero-order valence-corrected chi connectivity index (χ0v) is 16.9. The lowest BCUT2D eigenvalue weighted by molar-refractivity contribution is 1.10. The Bertz CT molecular complexity index is 1130. The summed E-state index contributed by atoms with van der Waals surface area (Å²) in [5.41, 5.74) is 2.52. The van der Waals surface area contributed by atoms with Crippen LogP contribution in [-0.4, -0.2) is 9.97 Å². The second-order valence-corrected chi connectivity index (χ2v) is 7.42. The van der Waals surface area contributed by atoms with Crippen LogP contribution in [0.25, 0.3) is 10.9 Å². The summed E-state index contributed by atoms with van der Waals surface area (Å²) >= 11 is 18.4. The number of anilines is 3. The number of hydrogen-bond acceptors (Lipinski definition) is 4. The highest BCUT2D eigenvalue weighted by molar-refractivity contribution is 6.35. The molecule has 4 nitrogen and oxygen atoms in total. The molecule has 0 atom stereocenters. The van der Waals surface area contributed by atoms with Gasteiger partial charge < -0.3 is 10.6 Å². The highest BCUT2D eigenvalue weighted by Crippen LogP contribution is 2.27. The lowest BCUT2D eigenvalue weighted by Gasteiger charge is -2.13. The summed E-state index contributed by atoms with van der Waals surface area (Å²) in [7, 11) is 0. The molecular formula is C21H15Cl3N4. The molecule has 0 saturated carbocycles. The van der Waals surface area contributed by atoms with Crippen molar-refractivity contribution in [3.8, 4) is 0 Å². The van der Waals surface area contributed by atoms with Gasteiger partial charge in [0.15, 0.2) is 0 Å². The van der Waals surface area contributed by atoms with Crippen molar-refractivity contribution in [3.05, 3.63) is 87.4 Å². The van der Waals surface area contributed by atoms with Crippen LogP contribution in [0.4, 0.5) is 17.5 Å². The van der Waals surface area contributed by atoms with E-state index in [0.29, 0.717) is 39.1 Å². The van der Waals surface area contributed by atoms with E-state index >= 15 is 0 Å². The molecule has 1 heterocycles. The van der Waals surface area contributed by atoms with E-state index in [4.69, 9.17) is 34.8 Å². The highest BCUT2D eigenvalue weighted by atomic mass is 35.5. The lowest BCUT2D eigenvalue weighted by atomic mass is 10.2. The molecular weight excluding hydrogens is 415 g/mol. The standard InChI is InChI=1S/C21H15Cl3N4/c22-14-9-15(23)11-16(10-14)26-21-27-19-8-4-2-6-17(19)20(28-21)25-12-13-5-1-3-7-18(13)24/h1-11H,12H2,(H2,25,26,27,28). The van der Waals surface area contributed by atoms with Crippen molar-refractivity contribution >= 4 is 63.2 Å². The van der Waals surface area contributed by atoms with Gasteiger partial charge in [-0.25, -0.2) is 4.98 Å². The molecule has 0 aliphatic rings. The van der Waals surface area contributed by atoms with Crippen molar-refractivity contribution in [2.45, 2.75) is 6.54 Å². The van der Waals surface area contributed by atoms with E-state index in [1.165, 1.54) is 0 Å². The summed E-state index contributed by atoms with van der Waals surface area (Å²) in [6.07, 6.45) is 0. The highest BCUT2D eigenvalue weighted by Gasteiger charge is 2.09. The number of halogens is 3. The van der Waals surface area contributed by atoms with Gasteiger partial charge in [-0.15, -0.1) is 0 Å². The summed E-state index contributed by atoms with van der Waals surface area (Å²) in [5.74, 6) is 1.15. The summed E-state index contributed by atoms with van der Waals surface area (Å²) in [5, 5.41) is 9.24. The van der Waals surface area contributed by atoms with Gasteiger partial charge >= 0.3 is 0 Å². The van der Waals surface area contributed by atoms with Crippen LogP contribution in [0.1, 0.15) is 5.56 Å². The topological polar surface area (TPSA) is 49.8 Å². The largest absolute Gasteiger partial charge is 0.365 e. The summed E-state index contributed by atoms with van der Waals surface area (Å²) in [4.78, 5) is 9.23. The zero-order valence-electron chi connectivity index (χ0n) is 14.6. The molecule has 0 aliphatic heterocycles. The molecule has 7 heteroatoms. The maximum absolute atomic E-state index is 6.27. The van der Waals surface area contributed by atoms with E-state index in [1.807, 2.05) is 48.5 Å². The van der Waals surface area contributed by atoms with Crippen LogP contribution in [-0.2, 0) is 6.54 Å². The van der Waals surface area contributed by atoms with Gasteiger partial charge in [-0.3, -0.25) is 0 Å². The Morgan fingerprint density at radius 2 is 1.50 bits per heavy atom. The predicted octanol–water partition coefficient (Wildman–Crippen LogP) is 6.95. The van der Waals surface area contributed by atoms with Crippen LogP contribution in [0.2, 0.25) is 15.1 Å². The van der Waals surface area contributed by atoms with Crippen LogP contribution in [0.3, 0.4) is 0 Å². The number of benzene rings is 3. The van der Waals surface area contributed by atoms with Crippen molar-refractivity contribution < 1.29 is 0 Å². The normalized spacial score (nSPS) is 10.8. The molecule has 0 radical (unpaired) electrons. The van der Waals surface area contributed by atoms with E-state index in [2.05, 4.69) is 20.6 Å². The Labute approximate surface area is 177 Å². The first-order valence-electron chi connectivity index (χ1n) is 8.56. The molecule has 4 aromatic rings. The first-order valence-corrected chi connectivity index (χ1v) is 9.69. The predicted molar refractivity (Wildman–Crippen MR) is 118 cm³/mol. The second kappa shape index (κ2) is 8.23. The van der Waals surface area contributed by atoms with Gasteiger partial charge in [0.25, 0.3) is 0 Å². The molecule has 0 fully saturated rings. The zero-order chi connectivity index (χ0) is 19.5. The minimum absolute atomic E-state index is 0.443. The van der Waals surface area contributed by atoms with E-state index in [9.17, 15) is 0 Å². The molecule has 0 amide bonds. The van der Waals surface area contributed by atoms with Crippen molar-refractivity contribution in [3.63, 3.8) is 0 Å². The van der Waals surface area contributed by atoms with Crippen LogP contribution < -0.4 is 10.6 Å². The van der Waals surface area contributed by atoms with Gasteiger partial charge in [-0.1, -0.05) is 65.1 Å². The van der Waals surface area contributed by atoms with Crippen LogP contribution in [0.5, 0.6) is 0 Å². The third-order valence-corrected chi connectivity index (χ3v) is 4.93. The second-order valence-electron chi connectivity index (χ2n) is 6.14. The van der Waals surface area contributed by atoms with Crippen LogP contribution in [0.15, 0.2) is 66.7 Å². The third kappa shape index (κ3) is 4.30. The fraction of sp³-hybridized carbons (Fsp3) is 0.0476. The molecule has 3 aromatic carbocycles.